The van der Waals surface area contributed by atoms with Crippen LogP contribution < -0.4 is 16.4 Å². The van der Waals surface area contributed by atoms with Gasteiger partial charge in [0.1, 0.15) is 0 Å². The molecule has 4 N–H and O–H groups in total. The zero-order valence-electron chi connectivity index (χ0n) is 18.5. The molecule has 1 aliphatic rings. The molecule has 0 saturated carbocycles. The second-order valence-electron chi connectivity index (χ2n) is 7.83. The van der Waals surface area contributed by atoms with Crippen molar-refractivity contribution in [2.75, 3.05) is 33.4 Å². The molecule has 1 aromatic rings. The van der Waals surface area contributed by atoms with Crippen LogP contribution in [0.4, 0.5) is 0 Å². The maximum Gasteiger partial charge on any atom is 0.226 e. The molecule has 0 spiro atoms. The molecule has 2 atom stereocenters. The van der Waals surface area contributed by atoms with Crippen molar-refractivity contribution in [2.24, 2.45) is 11.7 Å². The summed E-state index contributed by atoms with van der Waals surface area (Å²) in [7, 11) is 1.71. The summed E-state index contributed by atoms with van der Waals surface area (Å²) in [4.78, 5) is 52.7. The molecule has 0 unspecified atom stereocenters. The molecule has 0 radical (unpaired) electrons. The summed E-state index contributed by atoms with van der Waals surface area (Å²) in [5.41, 5.74) is 5.88. The zero-order chi connectivity index (χ0) is 23.3. The third-order valence-electron chi connectivity index (χ3n) is 5.33. The highest BCUT2D eigenvalue weighted by Gasteiger charge is 2.42. The minimum Gasteiger partial charge on any atom is -0.381 e. The number of nitrogens with two attached hydrogens (primary N) is 1. The topological polar surface area (TPSA) is 144 Å². The number of nitrogens with zero attached hydrogens (tertiary/aromatic N) is 2. The lowest BCUT2D eigenvalue weighted by Crippen LogP contribution is -2.35. The van der Waals surface area contributed by atoms with Crippen LogP contribution in [-0.4, -0.2) is 66.9 Å². The van der Waals surface area contributed by atoms with Gasteiger partial charge in [0, 0.05) is 65.0 Å². The highest BCUT2D eigenvalue weighted by Crippen LogP contribution is 2.36. The molecule has 32 heavy (non-hydrogen) atoms. The Morgan fingerprint density at radius 1 is 1.16 bits per heavy atom. The van der Waals surface area contributed by atoms with Crippen molar-refractivity contribution in [1.29, 1.82) is 0 Å². The molecule has 1 saturated heterocycles. The number of likely N-dealkylation sites (tertiary alicyclic amines) is 1. The first-order valence-corrected chi connectivity index (χ1v) is 11.0. The summed E-state index contributed by atoms with van der Waals surface area (Å²) in [6.07, 6.45) is 5.83. The third kappa shape index (κ3) is 8.26. The molecular weight excluding hydrogens is 414 g/mol. The Balaban J connectivity index is 1.56. The molecule has 10 nitrogen and oxygen atoms in total. The summed E-state index contributed by atoms with van der Waals surface area (Å²) >= 11 is 0. The predicted molar refractivity (Wildman–Crippen MR) is 117 cm³/mol. The van der Waals surface area contributed by atoms with Crippen molar-refractivity contribution >= 4 is 23.6 Å². The fourth-order valence-electron chi connectivity index (χ4n) is 3.64. The molecule has 4 amide bonds. The van der Waals surface area contributed by atoms with E-state index in [0.29, 0.717) is 45.6 Å². The summed E-state index contributed by atoms with van der Waals surface area (Å²) in [6.45, 7) is 1.96. The van der Waals surface area contributed by atoms with Gasteiger partial charge in [-0.05, 0) is 30.9 Å². The Bertz CT molecular complexity index is 773. The smallest absolute Gasteiger partial charge is 0.226 e. The molecule has 0 bridgehead atoms. The number of hydrogen-bond donors (Lipinski definition) is 3. The minimum absolute atomic E-state index is 0.0534. The number of rotatable bonds is 14. The first-order valence-electron chi connectivity index (χ1n) is 11.0. The van der Waals surface area contributed by atoms with E-state index < -0.39 is 11.8 Å². The van der Waals surface area contributed by atoms with Gasteiger partial charge in [-0.15, -0.1) is 0 Å². The van der Waals surface area contributed by atoms with Crippen molar-refractivity contribution in [3.63, 3.8) is 0 Å². The molecule has 0 aromatic carbocycles. The Labute approximate surface area is 188 Å². The zero-order valence-corrected chi connectivity index (χ0v) is 18.5. The summed E-state index contributed by atoms with van der Waals surface area (Å²) in [6, 6.07) is 3.37. The van der Waals surface area contributed by atoms with Crippen LogP contribution in [0.3, 0.4) is 0 Å². The van der Waals surface area contributed by atoms with Crippen LogP contribution >= 0.6 is 0 Å². The van der Waals surface area contributed by atoms with Crippen LogP contribution in [0.15, 0.2) is 24.5 Å². The Morgan fingerprint density at radius 3 is 2.53 bits per heavy atom. The molecule has 10 heteroatoms. The number of pyridine rings is 1. The first-order chi connectivity index (χ1) is 15.4. The quantitative estimate of drug-likeness (QED) is 0.350. The van der Waals surface area contributed by atoms with Crippen molar-refractivity contribution in [3.05, 3.63) is 30.1 Å². The highest BCUT2D eigenvalue weighted by molar-refractivity contribution is 5.90. The van der Waals surface area contributed by atoms with Gasteiger partial charge in [0.2, 0.25) is 23.6 Å². The standard InChI is InChI=1S/C22H33N5O5/c1-27-20(30)14-17(21(27)16-6-3-9-24-15-16)22(31)26-11-5-13-32-12-4-10-25-19(29)8-2-7-18(23)28/h3,6,9,15,17,21H,2,4-5,7-8,10-14H2,1H3,(H2,23,28)(H,25,29)(H,26,31)/t17-,21+/m0/s1. The fraction of sp³-hybridized carbons (Fsp3) is 0.591. The lowest BCUT2D eigenvalue weighted by atomic mass is 9.94. The van der Waals surface area contributed by atoms with Crippen molar-refractivity contribution < 1.29 is 23.9 Å². The van der Waals surface area contributed by atoms with E-state index in [9.17, 15) is 19.2 Å². The van der Waals surface area contributed by atoms with Gasteiger partial charge < -0.3 is 26.0 Å². The molecular formula is C22H33N5O5. The van der Waals surface area contributed by atoms with E-state index >= 15 is 0 Å². The fourth-order valence-corrected chi connectivity index (χ4v) is 3.64. The SMILES string of the molecule is CN1C(=O)C[C@H](C(=O)NCCCOCCCNC(=O)CCCC(N)=O)[C@H]1c1cccnc1. The highest BCUT2D eigenvalue weighted by atomic mass is 16.5. The number of carbonyl (C=O) groups excluding carboxylic acids is 4. The van der Waals surface area contributed by atoms with Crippen LogP contribution in [0.2, 0.25) is 0 Å². The molecule has 2 heterocycles. The normalized spacial score (nSPS) is 17.9. The van der Waals surface area contributed by atoms with Crippen molar-refractivity contribution in [2.45, 2.75) is 44.6 Å². The summed E-state index contributed by atoms with van der Waals surface area (Å²) < 4.78 is 5.53. The Hall–Kier alpha value is -3.01. The van der Waals surface area contributed by atoms with Crippen molar-refractivity contribution in [1.82, 2.24) is 20.5 Å². The van der Waals surface area contributed by atoms with Crippen LogP contribution in [0.25, 0.3) is 0 Å². The van der Waals surface area contributed by atoms with Gasteiger partial charge in [-0.25, -0.2) is 0 Å². The predicted octanol–water partition coefficient (Wildman–Crippen LogP) is 0.286. The number of ether oxygens (including phenoxy) is 1. The number of primary amides is 1. The van der Waals surface area contributed by atoms with Gasteiger partial charge in [-0.2, -0.15) is 0 Å². The largest absolute Gasteiger partial charge is 0.381 e. The molecule has 0 aliphatic carbocycles. The van der Waals surface area contributed by atoms with Crippen molar-refractivity contribution in [3.8, 4) is 0 Å². The summed E-state index contributed by atoms with van der Waals surface area (Å²) in [5.74, 6) is -1.14. The van der Waals surface area contributed by atoms with E-state index in [-0.39, 0.29) is 43.0 Å². The molecule has 1 fully saturated rings. The number of carbonyl (C=O) groups is 4. The van der Waals surface area contributed by atoms with Crippen LogP contribution in [0.5, 0.6) is 0 Å². The van der Waals surface area contributed by atoms with Gasteiger partial charge in [0.05, 0.1) is 12.0 Å². The van der Waals surface area contributed by atoms with Gasteiger partial charge in [0.15, 0.2) is 0 Å². The van der Waals surface area contributed by atoms with Gasteiger partial charge in [-0.3, -0.25) is 24.2 Å². The number of hydrogen-bond acceptors (Lipinski definition) is 6. The van der Waals surface area contributed by atoms with E-state index in [0.717, 1.165) is 5.56 Å². The van der Waals surface area contributed by atoms with Gasteiger partial charge >= 0.3 is 0 Å². The number of nitrogens with one attached hydrogen (secondary N) is 2. The van der Waals surface area contributed by atoms with Crippen LogP contribution in [0, 0.1) is 5.92 Å². The van der Waals surface area contributed by atoms with E-state index in [2.05, 4.69) is 15.6 Å². The molecule has 1 aliphatic heterocycles. The lowest BCUT2D eigenvalue weighted by molar-refractivity contribution is -0.128. The molecule has 1 aromatic heterocycles. The van der Waals surface area contributed by atoms with E-state index in [1.165, 1.54) is 0 Å². The average Bonchev–Trinajstić information content (AvgIpc) is 3.07. The first kappa shape index (κ1) is 25.3. The second-order valence-corrected chi connectivity index (χ2v) is 7.83. The second kappa shape index (κ2) is 13.4. The van der Waals surface area contributed by atoms with E-state index in [1.54, 1.807) is 30.4 Å². The van der Waals surface area contributed by atoms with Gasteiger partial charge in [0.25, 0.3) is 0 Å². The number of amides is 4. The lowest BCUT2D eigenvalue weighted by Gasteiger charge is -2.24. The maximum atomic E-state index is 12.7. The minimum atomic E-state index is -0.441. The average molecular weight is 448 g/mol. The van der Waals surface area contributed by atoms with Gasteiger partial charge in [-0.1, -0.05) is 6.07 Å². The van der Waals surface area contributed by atoms with Crippen LogP contribution in [0.1, 0.15) is 50.1 Å². The summed E-state index contributed by atoms with van der Waals surface area (Å²) in [5, 5.41) is 5.67. The molecule has 2 rings (SSSR count). The molecule has 176 valence electrons. The maximum absolute atomic E-state index is 12.7. The van der Waals surface area contributed by atoms with Crippen LogP contribution in [-0.2, 0) is 23.9 Å². The third-order valence-corrected chi connectivity index (χ3v) is 5.33. The van der Waals surface area contributed by atoms with E-state index in [4.69, 9.17) is 10.5 Å². The Morgan fingerprint density at radius 2 is 1.88 bits per heavy atom. The number of aromatic nitrogens is 1. The van der Waals surface area contributed by atoms with E-state index in [1.807, 2.05) is 6.07 Å². The Kier molecular flexibility index (Phi) is 10.6. The monoisotopic (exact) mass is 447 g/mol.